The van der Waals surface area contributed by atoms with Crippen LogP contribution in [0, 0.1) is 5.41 Å². The van der Waals surface area contributed by atoms with E-state index in [0.717, 1.165) is 12.2 Å². The van der Waals surface area contributed by atoms with E-state index in [1.165, 1.54) is 0 Å². The van der Waals surface area contributed by atoms with Crippen molar-refractivity contribution in [3.8, 4) is 0 Å². The van der Waals surface area contributed by atoms with Gasteiger partial charge in [-0.3, -0.25) is 0 Å². The second-order valence-electron chi connectivity index (χ2n) is 6.09. The highest BCUT2D eigenvalue weighted by molar-refractivity contribution is 5.40. The van der Waals surface area contributed by atoms with E-state index in [1.807, 2.05) is 6.07 Å². The lowest BCUT2D eigenvalue weighted by molar-refractivity contribution is 0.302. The van der Waals surface area contributed by atoms with E-state index in [1.54, 1.807) is 6.07 Å². The lowest BCUT2D eigenvalue weighted by Gasteiger charge is -2.33. The quantitative estimate of drug-likeness (QED) is 0.825. The second-order valence-corrected chi connectivity index (χ2v) is 6.09. The van der Waals surface area contributed by atoms with Crippen LogP contribution in [0.3, 0.4) is 0 Å². The molecule has 0 unspecified atom stereocenters. The summed E-state index contributed by atoms with van der Waals surface area (Å²) in [6.45, 7) is 11.0. The van der Waals surface area contributed by atoms with Crippen LogP contribution in [-0.2, 0) is 0 Å². The molecule has 0 aliphatic heterocycles. The van der Waals surface area contributed by atoms with Gasteiger partial charge in [-0.25, -0.2) is 0 Å². The maximum absolute atomic E-state index is 5.49. The highest BCUT2D eigenvalue weighted by Gasteiger charge is 2.25. The van der Waals surface area contributed by atoms with Crippen molar-refractivity contribution in [2.75, 3.05) is 11.1 Å². The van der Waals surface area contributed by atoms with Crippen LogP contribution in [0.4, 0.5) is 11.6 Å². The van der Waals surface area contributed by atoms with Crippen molar-refractivity contribution < 1.29 is 0 Å². The molecule has 0 aliphatic carbocycles. The van der Waals surface area contributed by atoms with Crippen molar-refractivity contribution in [1.82, 2.24) is 10.2 Å². The van der Waals surface area contributed by atoms with Crippen LogP contribution in [0.15, 0.2) is 12.1 Å². The first-order chi connectivity index (χ1) is 7.18. The van der Waals surface area contributed by atoms with Gasteiger partial charge in [0.2, 0.25) is 0 Å². The molecule has 0 amide bonds. The number of rotatable bonds is 3. The number of anilines is 2. The number of nitrogens with one attached hydrogen (secondary N) is 1. The standard InChI is InChI=1S/C12H22N4/c1-11(2,3)8-12(4,5)14-10-7-6-9(13)15-16-10/h6-7H,8H2,1-5H3,(H2,13,15)(H,14,16). The summed E-state index contributed by atoms with van der Waals surface area (Å²) in [5, 5.41) is 11.2. The fraction of sp³-hybridized carbons (Fsp3) is 0.667. The number of nitrogens with two attached hydrogens (primary N) is 1. The minimum Gasteiger partial charge on any atom is -0.382 e. The van der Waals surface area contributed by atoms with E-state index < -0.39 is 0 Å². The summed E-state index contributed by atoms with van der Waals surface area (Å²) in [6, 6.07) is 3.61. The Morgan fingerprint density at radius 1 is 1.12 bits per heavy atom. The molecule has 0 radical (unpaired) electrons. The SMILES string of the molecule is CC(C)(C)CC(C)(C)Nc1ccc(N)nn1. The summed E-state index contributed by atoms with van der Waals surface area (Å²) in [5.74, 6) is 1.21. The highest BCUT2D eigenvalue weighted by Crippen LogP contribution is 2.28. The van der Waals surface area contributed by atoms with Gasteiger partial charge in [0.1, 0.15) is 11.6 Å². The Balaban J connectivity index is 2.69. The van der Waals surface area contributed by atoms with E-state index in [-0.39, 0.29) is 11.0 Å². The summed E-state index contributed by atoms with van der Waals surface area (Å²) in [4.78, 5) is 0. The van der Waals surface area contributed by atoms with E-state index in [2.05, 4.69) is 50.1 Å². The van der Waals surface area contributed by atoms with Crippen molar-refractivity contribution >= 4 is 11.6 Å². The molecule has 0 aliphatic rings. The molecule has 1 heterocycles. The van der Waals surface area contributed by atoms with Crippen LogP contribution in [0.25, 0.3) is 0 Å². The number of nitrogen functional groups attached to an aromatic ring is 1. The van der Waals surface area contributed by atoms with E-state index in [4.69, 9.17) is 5.73 Å². The Morgan fingerprint density at radius 3 is 2.19 bits per heavy atom. The van der Waals surface area contributed by atoms with Crippen LogP contribution < -0.4 is 11.1 Å². The summed E-state index contributed by atoms with van der Waals surface area (Å²) < 4.78 is 0. The predicted octanol–water partition coefficient (Wildman–Crippen LogP) is 2.69. The molecule has 1 aromatic heterocycles. The lowest BCUT2D eigenvalue weighted by Crippen LogP contribution is -2.35. The fourth-order valence-corrected chi connectivity index (χ4v) is 2.13. The molecular weight excluding hydrogens is 200 g/mol. The molecule has 0 saturated carbocycles. The Hall–Kier alpha value is -1.32. The molecule has 1 aromatic rings. The molecule has 90 valence electrons. The summed E-state index contributed by atoms with van der Waals surface area (Å²) in [6.07, 6.45) is 1.05. The molecule has 0 fully saturated rings. The maximum atomic E-state index is 5.49. The Kier molecular flexibility index (Phi) is 3.41. The van der Waals surface area contributed by atoms with Gasteiger partial charge in [0.05, 0.1) is 0 Å². The summed E-state index contributed by atoms with van der Waals surface area (Å²) in [5.41, 5.74) is 5.76. The van der Waals surface area contributed by atoms with Crippen LogP contribution in [0.5, 0.6) is 0 Å². The minimum atomic E-state index is -0.0109. The average Bonchev–Trinajstić information content (AvgIpc) is 2.04. The van der Waals surface area contributed by atoms with Crippen molar-refractivity contribution in [3.63, 3.8) is 0 Å². The third-order valence-corrected chi connectivity index (χ3v) is 2.12. The summed E-state index contributed by atoms with van der Waals surface area (Å²) in [7, 11) is 0. The molecule has 0 saturated heterocycles. The van der Waals surface area contributed by atoms with Gasteiger partial charge in [-0.05, 0) is 37.8 Å². The minimum absolute atomic E-state index is 0.0109. The number of aromatic nitrogens is 2. The fourth-order valence-electron chi connectivity index (χ4n) is 2.13. The van der Waals surface area contributed by atoms with Gasteiger partial charge in [-0.15, -0.1) is 10.2 Å². The molecular formula is C12H22N4. The molecule has 0 spiro atoms. The van der Waals surface area contributed by atoms with E-state index in [0.29, 0.717) is 5.82 Å². The van der Waals surface area contributed by atoms with Crippen molar-refractivity contribution in [3.05, 3.63) is 12.1 Å². The smallest absolute Gasteiger partial charge is 0.149 e. The molecule has 16 heavy (non-hydrogen) atoms. The van der Waals surface area contributed by atoms with Crippen LogP contribution in [0.1, 0.15) is 41.0 Å². The Labute approximate surface area is 97.6 Å². The second kappa shape index (κ2) is 4.28. The van der Waals surface area contributed by atoms with Crippen molar-refractivity contribution in [2.45, 2.75) is 46.6 Å². The normalized spacial score (nSPS) is 12.6. The number of nitrogens with zero attached hydrogens (tertiary/aromatic N) is 2. The van der Waals surface area contributed by atoms with E-state index >= 15 is 0 Å². The van der Waals surface area contributed by atoms with E-state index in [9.17, 15) is 0 Å². The topological polar surface area (TPSA) is 63.8 Å². The predicted molar refractivity (Wildman–Crippen MR) is 68.2 cm³/mol. The Morgan fingerprint density at radius 2 is 1.75 bits per heavy atom. The molecule has 1 rings (SSSR count). The molecule has 4 nitrogen and oxygen atoms in total. The summed E-state index contributed by atoms with van der Waals surface area (Å²) >= 11 is 0. The third-order valence-electron chi connectivity index (χ3n) is 2.12. The monoisotopic (exact) mass is 222 g/mol. The molecule has 3 N–H and O–H groups in total. The highest BCUT2D eigenvalue weighted by atomic mass is 15.2. The zero-order valence-electron chi connectivity index (χ0n) is 10.8. The first-order valence-corrected chi connectivity index (χ1v) is 5.55. The van der Waals surface area contributed by atoms with Gasteiger partial charge in [0, 0.05) is 5.54 Å². The van der Waals surface area contributed by atoms with Crippen LogP contribution in [-0.4, -0.2) is 15.7 Å². The molecule has 0 aromatic carbocycles. The van der Waals surface area contributed by atoms with Gasteiger partial charge < -0.3 is 11.1 Å². The van der Waals surface area contributed by atoms with Gasteiger partial charge >= 0.3 is 0 Å². The molecule has 0 atom stereocenters. The van der Waals surface area contributed by atoms with Crippen molar-refractivity contribution in [1.29, 1.82) is 0 Å². The molecule has 0 bridgehead atoms. The van der Waals surface area contributed by atoms with Gasteiger partial charge in [-0.1, -0.05) is 20.8 Å². The van der Waals surface area contributed by atoms with Crippen LogP contribution in [0.2, 0.25) is 0 Å². The molecule has 4 heteroatoms. The third kappa shape index (κ3) is 4.47. The lowest BCUT2D eigenvalue weighted by atomic mass is 9.82. The number of hydrogen-bond donors (Lipinski definition) is 2. The van der Waals surface area contributed by atoms with Gasteiger partial charge in [0.15, 0.2) is 0 Å². The first-order valence-electron chi connectivity index (χ1n) is 5.55. The zero-order valence-corrected chi connectivity index (χ0v) is 10.8. The Bertz CT molecular complexity index is 335. The zero-order chi connectivity index (χ0) is 12.4. The van der Waals surface area contributed by atoms with Crippen LogP contribution >= 0.6 is 0 Å². The van der Waals surface area contributed by atoms with Gasteiger partial charge in [0.25, 0.3) is 0 Å². The van der Waals surface area contributed by atoms with Gasteiger partial charge in [-0.2, -0.15) is 0 Å². The van der Waals surface area contributed by atoms with Crippen molar-refractivity contribution in [2.24, 2.45) is 5.41 Å². The average molecular weight is 222 g/mol. The number of hydrogen-bond acceptors (Lipinski definition) is 4. The largest absolute Gasteiger partial charge is 0.382 e. The first kappa shape index (κ1) is 12.7. The maximum Gasteiger partial charge on any atom is 0.149 e.